The molecule has 1 aliphatic carbocycles. The lowest BCUT2D eigenvalue weighted by Gasteiger charge is -2.38. The molecule has 5 heteroatoms. The van der Waals surface area contributed by atoms with Crippen molar-refractivity contribution in [3.63, 3.8) is 0 Å². The third kappa shape index (κ3) is 3.76. The molecule has 0 atom stereocenters. The first-order valence-electron chi connectivity index (χ1n) is 8.18. The lowest BCUT2D eigenvalue weighted by Crippen LogP contribution is -2.48. The van der Waals surface area contributed by atoms with Crippen LogP contribution in [0.2, 0.25) is 0 Å². The molecule has 1 aliphatic heterocycles. The topological polar surface area (TPSA) is 37.4 Å². The second kappa shape index (κ2) is 6.23. The number of rotatable bonds is 6. The molecular weight excluding hydrogens is 282 g/mol. The molecule has 21 heavy (non-hydrogen) atoms. The summed E-state index contributed by atoms with van der Waals surface area (Å²) in [5.74, 6) is 0.725. The van der Waals surface area contributed by atoms with Crippen LogP contribution >= 0.6 is 11.3 Å². The van der Waals surface area contributed by atoms with Crippen molar-refractivity contribution >= 4 is 16.5 Å². The van der Waals surface area contributed by atoms with E-state index < -0.39 is 0 Å². The molecule has 1 aromatic heterocycles. The van der Waals surface area contributed by atoms with E-state index in [-0.39, 0.29) is 5.60 Å². The predicted molar refractivity (Wildman–Crippen MR) is 88.3 cm³/mol. The number of nitrogens with one attached hydrogen (secondary N) is 1. The average molecular weight is 309 g/mol. The van der Waals surface area contributed by atoms with Crippen LogP contribution in [0.5, 0.6) is 0 Å². The first kappa shape index (κ1) is 15.3. The third-order valence-corrected chi connectivity index (χ3v) is 5.22. The third-order valence-electron chi connectivity index (χ3n) is 4.09. The van der Waals surface area contributed by atoms with Gasteiger partial charge in [-0.2, -0.15) is 0 Å². The second-order valence-corrected chi connectivity index (χ2v) is 7.85. The van der Waals surface area contributed by atoms with Gasteiger partial charge in [0.1, 0.15) is 0 Å². The van der Waals surface area contributed by atoms with Crippen molar-refractivity contribution in [2.45, 2.75) is 58.1 Å². The molecule has 118 valence electrons. The predicted octanol–water partition coefficient (Wildman–Crippen LogP) is 3.14. The number of hydrogen-bond donors (Lipinski definition) is 1. The number of aromatic nitrogens is 1. The monoisotopic (exact) mass is 309 g/mol. The Morgan fingerprint density at radius 3 is 2.90 bits per heavy atom. The molecule has 2 fully saturated rings. The number of thiazole rings is 1. The van der Waals surface area contributed by atoms with Gasteiger partial charge < -0.3 is 15.0 Å². The Morgan fingerprint density at radius 1 is 1.43 bits per heavy atom. The van der Waals surface area contributed by atoms with Gasteiger partial charge in [-0.25, -0.2) is 4.98 Å². The molecule has 0 unspecified atom stereocenters. The van der Waals surface area contributed by atoms with Gasteiger partial charge in [0, 0.05) is 30.4 Å². The summed E-state index contributed by atoms with van der Waals surface area (Å²) in [6.45, 7) is 11.3. The van der Waals surface area contributed by atoms with Crippen molar-refractivity contribution in [2.24, 2.45) is 0 Å². The van der Waals surface area contributed by atoms with Gasteiger partial charge in [0.2, 0.25) is 0 Å². The fraction of sp³-hybridized carbons (Fsp3) is 0.812. The van der Waals surface area contributed by atoms with Gasteiger partial charge in [-0.15, -0.1) is 11.3 Å². The summed E-state index contributed by atoms with van der Waals surface area (Å²) in [7, 11) is 0. The van der Waals surface area contributed by atoms with E-state index in [9.17, 15) is 0 Å². The Morgan fingerprint density at radius 2 is 2.24 bits per heavy atom. The molecule has 1 saturated carbocycles. The molecule has 1 aromatic rings. The normalized spacial score (nSPS) is 21.8. The van der Waals surface area contributed by atoms with E-state index in [1.165, 1.54) is 35.0 Å². The van der Waals surface area contributed by atoms with Crippen molar-refractivity contribution in [2.75, 3.05) is 31.1 Å². The highest BCUT2D eigenvalue weighted by atomic mass is 32.1. The van der Waals surface area contributed by atoms with Gasteiger partial charge in [0.15, 0.2) is 5.13 Å². The van der Waals surface area contributed by atoms with Gasteiger partial charge in [-0.3, -0.25) is 0 Å². The summed E-state index contributed by atoms with van der Waals surface area (Å²) in [6, 6.07) is 0. The molecule has 0 bridgehead atoms. The highest BCUT2D eigenvalue weighted by Gasteiger charge is 2.33. The molecule has 1 N–H and O–H groups in total. The Balaban J connectivity index is 1.74. The molecule has 3 rings (SSSR count). The van der Waals surface area contributed by atoms with Gasteiger partial charge in [0.05, 0.1) is 17.9 Å². The lowest BCUT2D eigenvalue weighted by molar-refractivity contribution is -0.0277. The fourth-order valence-electron chi connectivity index (χ4n) is 2.85. The van der Waals surface area contributed by atoms with Crippen LogP contribution in [0.25, 0.3) is 0 Å². The molecule has 0 amide bonds. The first-order chi connectivity index (χ1) is 10.1. The van der Waals surface area contributed by atoms with Gasteiger partial charge in [-0.05, 0) is 39.7 Å². The maximum atomic E-state index is 5.82. The van der Waals surface area contributed by atoms with E-state index >= 15 is 0 Å². The van der Waals surface area contributed by atoms with Gasteiger partial charge in [0.25, 0.3) is 0 Å². The highest BCUT2D eigenvalue weighted by molar-refractivity contribution is 7.15. The molecule has 4 nitrogen and oxygen atoms in total. The maximum absolute atomic E-state index is 5.82. The van der Waals surface area contributed by atoms with E-state index in [2.05, 4.69) is 31.0 Å². The first-order valence-corrected chi connectivity index (χ1v) is 9.00. The standard InChI is InChI=1S/C16H27N3OS/c1-4-7-17-10-13-14(12-5-6-12)18-15(21-13)19-8-9-20-16(2,3)11-19/h12,17H,4-11H2,1-3H3. The second-order valence-electron chi connectivity index (χ2n) is 6.79. The van der Waals surface area contributed by atoms with Crippen LogP contribution in [-0.2, 0) is 11.3 Å². The van der Waals surface area contributed by atoms with E-state index in [0.717, 1.165) is 38.7 Å². The highest BCUT2D eigenvalue weighted by Crippen LogP contribution is 2.44. The van der Waals surface area contributed by atoms with Crippen LogP contribution in [0.15, 0.2) is 0 Å². The van der Waals surface area contributed by atoms with E-state index in [4.69, 9.17) is 9.72 Å². The van der Waals surface area contributed by atoms with Crippen LogP contribution in [0.3, 0.4) is 0 Å². The van der Waals surface area contributed by atoms with Crippen molar-refractivity contribution < 1.29 is 4.74 Å². The van der Waals surface area contributed by atoms with Crippen molar-refractivity contribution in [1.82, 2.24) is 10.3 Å². The zero-order valence-corrected chi connectivity index (χ0v) is 14.3. The van der Waals surface area contributed by atoms with Gasteiger partial charge >= 0.3 is 0 Å². The minimum atomic E-state index is -0.0652. The lowest BCUT2D eigenvalue weighted by atomic mass is 10.1. The Labute approximate surface area is 131 Å². The van der Waals surface area contributed by atoms with E-state index in [1.54, 1.807) is 0 Å². The van der Waals surface area contributed by atoms with E-state index in [1.807, 2.05) is 11.3 Å². The summed E-state index contributed by atoms with van der Waals surface area (Å²) < 4.78 is 5.82. The number of anilines is 1. The Bertz CT molecular complexity index is 482. The van der Waals surface area contributed by atoms with Crippen molar-refractivity contribution in [1.29, 1.82) is 0 Å². The number of morpholine rings is 1. The molecule has 0 aromatic carbocycles. The molecular formula is C16H27N3OS. The number of ether oxygens (including phenoxy) is 1. The summed E-state index contributed by atoms with van der Waals surface area (Å²) in [5.41, 5.74) is 1.30. The molecule has 2 aliphatic rings. The quantitative estimate of drug-likeness (QED) is 0.819. The van der Waals surface area contributed by atoms with Gasteiger partial charge in [-0.1, -0.05) is 6.92 Å². The van der Waals surface area contributed by atoms with Crippen molar-refractivity contribution in [3.05, 3.63) is 10.6 Å². The van der Waals surface area contributed by atoms with E-state index in [0.29, 0.717) is 0 Å². The SMILES string of the molecule is CCCNCc1sc(N2CCOC(C)(C)C2)nc1C1CC1. The Hall–Kier alpha value is -0.650. The molecule has 1 saturated heterocycles. The van der Waals surface area contributed by atoms with Crippen molar-refractivity contribution in [3.8, 4) is 0 Å². The fourth-order valence-corrected chi connectivity index (χ4v) is 3.99. The summed E-state index contributed by atoms with van der Waals surface area (Å²) in [5, 5.41) is 4.73. The molecule has 2 heterocycles. The van der Waals surface area contributed by atoms with Crippen LogP contribution < -0.4 is 10.2 Å². The zero-order chi connectivity index (χ0) is 14.9. The number of nitrogens with zero attached hydrogens (tertiary/aromatic N) is 2. The van der Waals surface area contributed by atoms with Crippen LogP contribution in [0.1, 0.15) is 56.5 Å². The van der Waals surface area contributed by atoms with Crippen LogP contribution in [-0.4, -0.2) is 36.8 Å². The molecule has 0 radical (unpaired) electrons. The summed E-state index contributed by atoms with van der Waals surface area (Å²) in [4.78, 5) is 8.84. The zero-order valence-electron chi connectivity index (χ0n) is 13.4. The minimum Gasteiger partial charge on any atom is -0.372 e. The summed E-state index contributed by atoms with van der Waals surface area (Å²) >= 11 is 1.88. The van der Waals surface area contributed by atoms with Crippen LogP contribution in [0.4, 0.5) is 5.13 Å². The molecule has 0 spiro atoms. The summed E-state index contributed by atoms with van der Waals surface area (Å²) in [6.07, 6.45) is 3.82. The number of hydrogen-bond acceptors (Lipinski definition) is 5. The Kier molecular flexibility index (Phi) is 4.52. The van der Waals surface area contributed by atoms with Crippen LogP contribution in [0, 0.1) is 0 Å². The largest absolute Gasteiger partial charge is 0.372 e. The maximum Gasteiger partial charge on any atom is 0.186 e. The smallest absolute Gasteiger partial charge is 0.186 e. The minimum absolute atomic E-state index is 0.0652. The average Bonchev–Trinajstić information content (AvgIpc) is 3.19.